The third-order valence-corrected chi connectivity index (χ3v) is 5.25. The summed E-state index contributed by atoms with van der Waals surface area (Å²) in [6.45, 7) is 0.350. The first kappa shape index (κ1) is 20.6. The fourth-order valence-electron chi connectivity index (χ4n) is 3.62. The number of halogens is 4. The summed E-state index contributed by atoms with van der Waals surface area (Å²) in [4.78, 5) is 14.3. The number of pyridine rings is 1. The summed E-state index contributed by atoms with van der Waals surface area (Å²) in [5.41, 5.74) is 3.26. The summed E-state index contributed by atoms with van der Waals surface area (Å²) in [7, 11) is 2.01. The molecule has 3 heterocycles. The van der Waals surface area contributed by atoms with Crippen molar-refractivity contribution in [1.29, 1.82) is 0 Å². The van der Waals surface area contributed by atoms with Crippen LogP contribution < -0.4 is 0 Å². The Morgan fingerprint density at radius 3 is 2.57 bits per heavy atom. The van der Waals surface area contributed by atoms with Gasteiger partial charge in [-0.1, -0.05) is 17.7 Å². The molecule has 0 amide bonds. The smallest absolute Gasteiger partial charge is 0.327 e. The average Bonchev–Trinajstić information content (AvgIpc) is 3.00. The molecule has 0 unspecified atom stereocenters. The molecular weight excluding hydrogens is 415 g/mol. The highest BCUT2D eigenvalue weighted by Gasteiger charge is 2.30. The number of benzene rings is 1. The molecule has 4 aromatic rings. The van der Waals surface area contributed by atoms with E-state index in [1.54, 1.807) is 18.5 Å². The van der Waals surface area contributed by atoms with Gasteiger partial charge < -0.3 is 9.47 Å². The molecule has 5 nitrogen and oxygen atoms in total. The van der Waals surface area contributed by atoms with E-state index in [0.717, 1.165) is 23.1 Å². The van der Waals surface area contributed by atoms with Crippen LogP contribution in [0.5, 0.6) is 0 Å². The zero-order valence-electron chi connectivity index (χ0n) is 16.2. The van der Waals surface area contributed by atoms with Gasteiger partial charge in [0.1, 0.15) is 23.9 Å². The van der Waals surface area contributed by atoms with E-state index in [0.29, 0.717) is 23.0 Å². The lowest BCUT2D eigenvalue weighted by atomic mass is 10.1. The molecule has 0 N–H and O–H groups in total. The van der Waals surface area contributed by atoms with E-state index >= 15 is 0 Å². The van der Waals surface area contributed by atoms with Gasteiger partial charge in [0.15, 0.2) is 5.15 Å². The minimum absolute atomic E-state index is 0.0106. The van der Waals surface area contributed by atoms with Crippen molar-refractivity contribution >= 4 is 33.5 Å². The topological polar surface area (TPSA) is 46.8 Å². The Morgan fingerprint density at radius 1 is 1.07 bits per heavy atom. The molecule has 0 spiro atoms. The van der Waals surface area contributed by atoms with Crippen molar-refractivity contribution in [3.63, 3.8) is 0 Å². The molecule has 0 bridgehead atoms. The lowest BCUT2D eigenvalue weighted by Crippen LogP contribution is -2.20. The quantitative estimate of drug-likeness (QED) is 0.407. The maximum atomic E-state index is 13.2. The normalized spacial score (nSPS) is 12.3. The first-order valence-electron chi connectivity index (χ1n) is 9.37. The van der Waals surface area contributed by atoms with E-state index in [1.807, 2.05) is 31.3 Å². The van der Waals surface area contributed by atoms with Crippen LogP contribution in [0.15, 0.2) is 49.1 Å². The van der Waals surface area contributed by atoms with Gasteiger partial charge in [0.2, 0.25) is 0 Å². The summed E-state index contributed by atoms with van der Waals surface area (Å²) < 4.78 is 40.6. The second-order valence-corrected chi connectivity index (χ2v) is 7.62. The van der Waals surface area contributed by atoms with Crippen LogP contribution in [0.3, 0.4) is 0 Å². The van der Waals surface area contributed by atoms with E-state index in [9.17, 15) is 13.2 Å². The van der Waals surface area contributed by atoms with Gasteiger partial charge in [0.05, 0.1) is 5.52 Å². The highest BCUT2D eigenvalue weighted by atomic mass is 35.5. The molecule has 0 aliphatic carbocycles. The van der Waals surface area contributed by atoms with Crippen LogP contribution in [0, 0.1) is 0 Å². The van der Waals surface area contributed by atoms with Crippen molar-refractivity contribution in [3.05, 3.63) is 65.3 Å². The average molecular weight is 434 g/mol. The Balaban J connectivity index is 1.64. The molecule has 0 aliphatic rings. The summed E-state index contributed by atoms with van der Waals surface area (Å²) in [5, 5.41) is 0.648. The number of likely N-dealkylation sites (N-methyl/N-ethyl adjacent to an activating group) is 1. The van der Waals surface area contributed by atoms with Crippen LogP contribution in [-0.2, 0) is 19.5 Å². The largest absolute Gasteiger partial charge is 0.406 e. The monoisotopic (exact) mass is 433 g/mol. The van der Waals surface area contributed by atoms with Crippen LogP contribution in [0.2, 0.25) is 5.15 Å². The number of alkyl halides is 3. The summed E-state index contributed by atoms with van der Waals surface area (Å²) in [5.74, 6) is 0. The molecule has 4 rings (SSSR count). The molecule has 0 atom stereocenters. The number of aromatic nitrogens is 4. The molecule has 0 saturated carbocycles. The Labute approximate surface area is 176 Å². The molecule has 0 fully saturated rings. The van der Waals surface area contributed by atoms with Gasteiger partial charge in [-0.2, -0.15) is 13.2 Å². The fraction of sp³-hybridized carbons (Fsp3) is 0.286. The molecule has 30 heavy (non-hydrogen) atoms. The van der Waals surface area contributed by atoms with E-state index in [4.69, 9.17) is 11.6 Å². The van der Waals surface area contributed by atoms with Crippen molar-refractivity contribution in [2.45, 2.75) is 25.7 Å². The highest BCUT2D eigenvalue weighted by molar-refractivity contribution is 6.34. The molecule has 0 radical (unpaired) electrons. The second-order valence-electron chi connectivity index (χ2n) is 7.26. The fourth-order valence-corrected chi connectivity index (χ4v) is 3.86. The number of fused-ring (bicyclic) bond motifs is 3. The molecule has 1 aromatic carbocycles. The molecule has 156 valence electrons. The first-order valence-corrected chi connectivity index (χ1v) is 9.75. The minimum atomic E-state index is -4.39. The molecule has 3 aromatic heterocycles. The van der Waals surface area contributed by atoms with Gasteiger partial charge in [-0.25, -0.2) is 9.97 Å². The van der Waals surface area contributed by atoms with Gasteiger partial charge in [0, 0.05) is 30.9 Å². The van der Waals surface area contributed by atoms with E-state index in [2.05, 4.69) is 19.9 Å². The minimum Gasteiger partial charge on any atom is -0.327 e. The SMILES string of the molecule is CN(CCc1ccncc1)Cc1ccc2c(c1)c1ncnc(Cl)c1n2CC(F)(F)F. The highest BCUT2D eigenvalue weighted by Crippen LogP contribution is 2.34. The van der Waals surface area contributed by atoms with Crippen molar-refractivity contribution < 1.29 is 13.2 Å². The maximum absolute atomic E-state index is 13.2. The van der Waals surface area contributed by atoms with E-state index in [1.165, 1.54) is 11.9 Å². The standard InChI is InChI=1S/C21H19ClF3N5/c1-29(9-6-14-4-7-26-8-5-14)11-15-2-3-17-16(10-15)18-19(20(22)28-13-27-18)30(17)12-21(23,24)25/h2-5,7-8,10,13H,6,9,11-12H2,1H3. The van der Waals surface area contributed by atoms with Gasteiger partial charge >= 0.3 is 6.18 Å². The van der Waals surface area contributed by atoms with Gasteiger partial charge in [-0.05, 0) is 48.9 Å². The van der Waals surface area contributed by atoms with Gasteiger partial charge in [-0.15, -0.1) is 0 Å². The predicted octanol–water partition coefficient (Wildman–Crippen LogP) is 4.87. The lowest BCUT2D eigenvalue weighted by Gasteiger charge is -2.17. The third-order valence-electron chi connectivity index (χ3n) is 4.98. The van der Waals surface area contributed by atoms with Crippen LogP contribution in [0.25, 0.3) is 21.9 Å². The molecular formula is C21H19ClF3N5. The van der Waals surface area contributed by atoms with Crippen molar-refractivity contribution in [2.24, 2.45) is 0 Å². The first-order chi connectivity index (χ1) is 14.3. The number of hydrogen-bond donors (Lipinski definition) is 0. The molecule has 0 aliphatic heterocycles. The van der Waals surface area contributed by atoms with Crippen LogP contribution in [0.4, 0.5) is 13.2 Å². The van der Waals surface area contributed by atoms with Gasteiger partial charge in [-0.3, -0.25) is 4.98 Å². The third kappa shape index (κ3) is 4.39. The zero-order chi connectivity index (χ0) is 21.3. The number of nitrogens with zero attached hydrogens (tertiary/aromatic N) is 5. The molecule has 0 saturated heterocycles. The summed E-state index contributed by atoms with van der Waals surface area (Å²) >= 11 is 6.13. The van der Waals surface area contributed by atoms with Crippen LogP contribution >= 0.6 is 11.6 Å². The van der Waals surface area contributed by atoms with Crippen molar-refractivity contribution in [2.75, 3.05) is 13.6 Å². The maximum Gasteiger partial charge on any atom is 0.406 e. The zero-order valence-corrected chi connectivity index (χ0v) is 17.0. The predicted molar refractivity (Wildman–Crippen MR) is 110 cm³/mol. The van der Waals surface area contributed by atoms with Crippen molar-refractivity contribution in [3.8, 4) is 0 Å². The Morgan fingerprint density at radius 2 is 1.83 bits per heavy atom. The number of hydrogen-bond acceptors (Lipinski definition) is 4. The summed E-state index contributed by atoms with van der Waals surface area (Å²) in [6, 6.07) is 9.40. The Bertz CT molecular complexity index is 1170. The molecule has 9 heteroatoms. The van der Waals surface area contributed by atoms with Crippen molar-refractivity contribution in [1.82, 2.24) is 24.4 Å². The van der Waals surface area contributed by atoms with Gasteiger partial charge in [0.25, 0.3) is 0 Å². The second kappa shape index (κ2) is 8.20. The number of rotatable bonds is 6. The summed E-state index contributed by atoms with van der Waals surface area (Å²) in [6.07, 6.45) is 1.31. The van der Waals surface area contributed by atoms with Crippen LogP contribution in [-0.4, -0.2) is 44.2 Å². The lowest BCUT2D eigenvalue weighted by molar-refractivity contribution is -0.139. The van der Waals surface area contributed by atoms with Crippen LogP contribution in [0.1, 0.15) is 11.1 Å². The Hall–Kier alpha value is -2.71. The Kier molecular flexibility index (Phi) is 5.62. The van der Waals surface area contributed by atoms with E-state index in [-0.39, 0.29) is 10.7 Å². The van der Waals surface area contributed by atoms with E-state index < -0.39 is 12.7 Å².